The molecular weight excluding hydrogens is 237 g/mol. The molecule has 0 heterocycles. The van der Waals surface area contributed by atoms with Crippen LogP contribution in [0.3, 0.4) is 0 Å². The van der Waals surface area contributed by atoms with Gasteiger partial charge in [-0.15, -0.1) is 0 Å². The van der Waals surface area contributed by atoms with Crippen molar-refractivity contribution in [1.29, 1.82) is 0 Å². The van der Waals surface area contributed by atoms with E-state index in [1.807, 2.05) is 30.3 Å². The van der Waals surface area contributed by atoms with E-state index in [1.54, 1.807) is 0 Å². The third-order valence-corrected chi connectivity index (χ3v) is 2.11. The Morgan fingerprint density at radius 2 is 1.83 bits per heavy atom. The number of hydrogen-bond acceptors (Lipinski definition) is 0. The fourth-order valence-corrected chi connectivity index (χ4v) is 1.11. The van der Waals surface area contributed by atoms with Gasteiger partial charge in [0.1, 0.15) is 6.04 Å². The molecule has 0 saturated carbocycles. The van der Waals surface area contributed by atoms with Crippen molar-refractivity contribution < 1.29 is 18.1 Å². The molecule has 0 spiro atoms. The molecule has 0 saturated heterocycles. The van der Waals surface area contributed by atoms with E-state index in [-0.39, 0.29) is 18.4 Å². The maximum absolute atomic E-state index is 3.92. The van der Waals surface area contributed by atoms with E-state index < -0.39 is 0 Å². The van der Waals surface area contributed by atoms with Crippen LogP contribution in [0.5, 0.6) is 0 Å². The minimum absolute atomic E-state index is 0. The smallest absolute Gasteiger partial charge is 0.128 e. The van der Waals surface area contributed by atoms with Gasteiger partial charge in [-0.3, -0.25) is 0 Å². The van der Waals surface area contributed by atoms with Gasteiger partial charge in [0.25, 0.3) is 0 Å². The van der Waals surface area contributed by atoms with Crippen LogP contribution in [0.25, 0.3) is 0 Å². The van der Waals surface area contributed by atoms with Gasteiger partial charge >= 0.3 is 0 Å². The van der Waals surface area contributed by atoms with Crippen molar-refractivity contribution in [1.82, 2.24) is 0 Å². The molecule has 1 aromatic carbocycles. The molecule has 3 N–H and O–H groups in total. The quantitative estimate of drug-likeness (QED) is 0.645. The van der Waals surface area contributed by atoms with Crippen LogP contribution >= 0.6 is 15.9 Å². The lowest BCUT2D eigenvalue weighted by atomic mass is 10.1. The molecule has 0 aliphatic rings. The average Bonchev–Trinajstić information content (AvgIpc) is 2.05. The van der Waals surface area contributed by atoms with Crippen molar-refractivity contribution in [3.05, 3.63) is 47.0 Å². The first-order valence-corrected chi connectivity index (χ1v) is 4.24. The van der Waals surface area contributed by atoms with Gasteiger partial charge in [0, 0.05) is 10.0 Å². The predicted octanol–water partition coefficient (Wildman–Crippen LogP) is -1.08. The minimum atomic E-state index is 0. The van der Waals surface area contributed by atoms with Gasteiger partial charge in [-0.1, -0.05) is 34.6 Å². The summed E-state index contributed by atoms with van der Waals surface area (Å²) in [5.41, 5.74) is 5.12. The summed E-state index contributed by atoms with van der Waals surface area (Å²) in [5, 5.41) is 0. The molecule has 0 aliphatic carbocycles. The summed E-state index contributed by atoms with van der Waals surface area (Å²) in [6, 6.07) is 8.31. The minimum Gasteiger partial charge on any atom is -1.00 e. The molecule has 0 amide bonds. The Bertz CT molecular complexity index is 245. The summed E-state index contributed by atoms with van der Waals surface area (Å²) in [4.78, 5) is 0. The van der Waals surface area contributed by atoms with Crippen LogP contribution in [0.15, 0.2) is 41.4 Å². The maximum Gasteiger partial charge on any atom is 0.128 e. The third-order valence-electron chi connectivity index (χ3n) is 1.58. The van der Waals surface area contributed by atoms with Gasteiger partial charge in [0.05, 0.1) is 0 Å². The van der Waals surface area contributed by atoms with Crippen molar-refractivity contribution in [3.63, 3.8) is 0 Å². The molecule has 0 fully saturated rings. The maximum atomic E-state index is 3.92. The van der Waals surface area contributed by atoms with E-state index in [0.29, 0.717) is 0 Å². The highest BCUT2D eigenvalue weighted by Crippen LogP contribution is 2.14. The van der Waals surface area contributed by atoms with Crippen molar-refractivity contribution in [3.8, 4) is 0 Å². The zero-order valence-corrected chi connectivity index (χ0v) is 8.98. The molecule has 66 valence electrons. The van der Waals surface area contributed by atoms with Crippen LogP contribution in [-0.2, 0) is 0 Å². The highest BCUT2D eigenvalue weighted by atomic mass is 79.9. The monoisotopic (exact) mass is 247 g/mol. The van der Waals surface area contributed by atoms with Crippen LogP contribution in [0.4, 0.5) is 0 Å². The Labute approximate surface area is 87.2 Å². The molecule has 1 atom stereocenters. The lowest BCUT2D eigenvalue weighted by molar-refractivity contribution is -0.409. The first kappa shape index (κ1) is 11.7. The second-order valence-electron chi connectivity index (χ2n) is 2.39. The largest absolute Gasteiger partial charge is 1.00 e. The van der Waals surface area contributed by atoms with Gasteiger partial charge < -0.3 is 18.1 Å². The zero-order valence-electron chi connectivity index (χ0n) is 6.63. The van der Waals surface area contributed by atoms with E-state index >= 15 is 0 Å². The van der Waals surface area contributed by atoms with Crippen molar-refractivity contribution in [2.45, 2.75) is 6.04 Å². The van der Waals surface area contributed by atoms with Crippen molar-refractivity contribution in [2.75, 3.05) is 0 Å². The Hall–Kier alpha value is -0.310. The summed E-state index contributed by atoms with van der Waals surface area (Å²) in [5.74, 6) is 0. The number of rotatable bonds is 2. The van der Waals surface area contributed by atoms with Gasteiger partial charge in [-0.2, -0.15) is 0 Å². The molecule has 12 heavy (non-hydrogen) atoms. The van der Waals surface area contributed by atoms with E-state index in [4.69, 9.17) is 0 Å². The Kier molecular flexibility index (Phi) is 5.22. The molecule has 1 aromatic rings. The summed E-state index contributed by atoms with van der Waals surface area (Å²) >= 11 is 3.37. The molecule has 1 nitrogen and oxygen atoms in total. The molecule has 0 aromatic heterocycles. The van der Waals surface area contributed by atoms with Gasteiger partial charge in [-0.25, -0.2) is 0 Å². The van der Waals surface area contributed by atoms with E-state index in [9.17, 15) is 0 Å². The van der Waals surface area contributed by atoms with Crippen LogP contribution in [0, 0.1) is 0 Å². The predicted molar refractivity (Wildman–Crippen MR) is 50.0 cm³/mol. The number of quaternary nitrogens is 1. The number of hydrogen-bond donors (Lipinski definition) is 1. The van der Waals surface area contributed by atoms with Crippen LogP contribution in [0.2, 0.25) is 0 Å². The van der Waals surface area contributed by atoms with Crippen molar-refractivity contribution >= 4 is 15.9 Å². The Morgan fingerprint density at radius 1 is 1.33 bits per heavy atom. The van der Waals surface area contributed by atoms with Crippen molar-refractivity contribution in [2.24, 2.45) is 0 Å². The summed E-state index contributed by atoms with van der Waals surface area (Å²) in [6.45, 7) is 3.69. The van der Waals surface area contributed by atoms with Crippen LogP contribution in [-0.4, -0.2) is 0 Å². The first-order valence-electron chi connectivity index (χ1n) is 3.45. The lowest BCUT2D eigenvalue weighted by Crippen LogP contribution is -3.00. The second-order valence-corrected chi connectivity index (χ2v) is 3.31. The molecule has 0 aliphatic heterocycles. The number of benzene rings is 1. The topological polar surface area (TPSA) is 27.6 Å². The van der Waals surface area contributed by atoms with Gasteiger partial charge in [0.15, 0.2) is 0 Å². The SMILES string of the molecule is C=C[C@H]([NH3+])c1ccc(Br)cc1.[Cl-]. The molecule has 0 unspecified atom stereocenters. The molecule has 3 heteroatoms. The van der Waals surface area contributed by atoms with E-state index in [0.717, 1.165) is 4.47 Å². The average molecular weight is 249 g/mol. The van der Waals surface area contributed by atoms with Gasteiger partial charge in [0.2, 0.25) is 0 Å². The summed E-state index contributed by atoms with van der Waals surface area (Å²) in [7, 11) is 0. The second kappa shape index (κ2) is 5.36. The van der Waals surface area contributed by atoms with Gasteiger partial charge in [-0.05, 0) is 18.2 Å². The first-order chi connectivity index (χ1) is 5.24. The highest BCUT2D eigenvalue weighted by molar-refractivity contribution is 9.10. The molecular formula is C9H11BrClN. The summed E-state index contributed by atoms with van der Waals surface area (Å²) < 4.78 is 1.09. The fraction of sp³-hybridized carbons (Fsp3) is 0.111. The fourth-order valence-electron chi connectivity index (χ4n) is 0.846. The lowest BCUT2D eigenvalue weighted by Gasteiger charge is -2.01. The normalized spacial score (nSPS) is 11.5. The molecule has 0 bridgehead atoms. The Balaban J connectivity index is 0.00000121. The zero-order chi connectivity index (χ0) is 8.27. The van der Waals surface area contributed by atoms with Crippen LogP contribution < -0.4 is 18.1 Å². The highest BCUT2D eigenvalue weighted by Gasteiger charge is 2.02. The number of halogens is 2. The summed E-state index contributed by atoms with van der Waals surface area (Å²) in [6.07, 6.45) is 1.84. The standard InChI is InChI=1S/C9H10BrN.ClH/c1-2-9(11)7-3-5-8(10)6-4-7;/h2-6,9H,1,11H2;1H/t9-;/m0./s1. The molecule has 0 radical (unpaired) electrons. The Morgan fingerprint density at radius 3 is 2.25 bits per heavy atom. The van der Waals surface area contributed by atoms with E-state index in [1.165, 1.54) is 5.56 Å². The van der Waals surface area contributed by atoms with E-state index in [2.05, 4.69) is 28.2 Å². The third kappa shape index (κ3) is 2.97. The van der Waals surface area contributed by atoms with Crippen LogP contribution in [0.1, 0.15) is 11.6 Å². The molecule has 1 rings (SSSR count).